The van der Waals surface area contributed by atoms with Crippen LogP contribution in [0.3, 0.4) is 0 Å². The predicted molar refractivity (Wildman–Crippen MR) is 90.9 cm³/mol. The Labute approximate surface area is 143 Å². The number of fused-ring (bicyclic) bond motifs is 1. The number of methoxy groups -OCH3 is 1. The van der Waals surface area contributed by atoms with E-state index < -0.39 is 0 Å². The molecular formula is C19H26N2O3. The average Bonchev–Trinajstić information content (AvgIpc) is 3.34. The fourth-order valence-electron chi connectivity index (χ4n) is 4.49. The maximum Gasteiger partial charge on any atom is 0.229 e. The van der Waals surface area contributed by atoms with Crippen LogP contribution in [0.2, 0.25) is 0 Å². The molecule has 130 valence electrons. The number of carbonyl (C=O) groups excluding carboxylic acids is 1. The molecule has 0 radical (unpaired) electrons. The van der Waals surface area contributed by atoms with Crippen LogP contribution in [-0.2, 0) is 16.1 Å². The Morgan fingerprint density at radius 3 is 2.88 bits per heavy atom. The summed E-state index contributed by atoms with van der Waals surface area (Å²) < 4.78 is 11.5. The van der Waals surface area contributed by atoms with Gasteiger partial charge in [0.1, 0.15) is 5.75 Å². The molecule has 3 heterocycles. The third-order valence-electron chi connectivity index (χ3n) is 5.70. The molecule has 24 heavy (non-hydrogen) atoms. The van der Waals surface area contributed by atoms with Crippen LogP contribution in [0, 0.1) is 5.92 Å². The first-order valence-corrected chi connectivity index (χ1v) is 9.04. The molecule has 0 bridgehead atoms. The van der Waals surface area contributed by atoms with E-state index in [1.165, 1.54) is 5.56 Å². The highest BCUT2D eigenvalue weighted by molar-refractivity contribution is 5.80. The molecule has 0 N–H and O–H groups in total. The van der Waals surface area contributed by atoms with Crippen LogP contribution in [0.4, 0.5) is 0 Å². The molecule has 1 amide bonds. The number of hydrogen-bond acceptors (Lipinski definition) is 4. The molecule has 3 aliphatic rings. The lowest BCUT2D eigenvalue weighted by molar-refractivity contribution is -0.137. The lowest BCUT2D eigenvalue weighted by atomic mass is 10.0. The second kappa shape index (κ2) is 6.73. The number of ether oxygens (including phenoxy) is 2. The number of likely N-dealkylation sites (tertiary alicyclic amines) is 2. The van der Waals surface area contributed by atoms with Crippen molar-refractivity contribution >= 4 is 5.91 Å². The largest absolute Gasteiger partial charge is 0.496 e. The second-order valence-corrected chi connectivity index (χ2v) is 7.07. The average molecular weight is 330 g/mol. The number of nitrogens with zero attached hydrogens (tertiary/aromatic N) is 2. The summed E-state index contributed by atoms with van der Waals surface area (Å²) in [5.41, 5.74) is 1.18. The van der Waals surface area contributed by atoms with Crippen molar-refractivity contribution in [2.45, 2.75) is 38.0 Å². The summed E-state index contributed by atoms with van der Waals surface area (Å²) in [6.45, 7) is 4.21. The number of rotatable bonds is 4. The smallest absolute Gasteiger partial charge is 0.229 e. The van der Waals surface area contributed by atoms with Gasteiger partial charge in [-0.05, 0) is 25.3 Å². The van der Waals surface area contributed by atoms with Crippen LogP contribution in [-0.4, -0.2) is 61.2 Å². The lowest BCUT2D eigenvalue weighted by Crippen LogP contribution is -2.39. The molecule has 3 saturated heterocycles. The molecule has 1 aromatic carbocycles. The highest BCUT2D eigenvalue weighted by Gasteiger charge is 2.49. The number of benzene rings is 1. The summed E-state index contributed by atoms with van der Waals surface area (Å²) in [5, 5.41) is 0. The molecule has 4 rings (SSSR count). The zero-order valence-corrected chi connectivity index (χ0v) is 14.3. The Morgan fingerprint density at radius 2 is 2.08 bits per heavy atom. The molecule has 3 atom stereocenters. The third-order valence-corrected chi connectivity index (χ3v) is 5.70. The quantitative estimate of drug-likeness (QED) is 0.846. The Kier molecular flexibility index (Phi) is 4.46. The van der Waals surface area contributed by atoms with E-state index in [1.54, 1.807) is 7.11 Å². The van der Waals surface area contributed by atoms with Gasteiger partial charge in [0, 0.05) is 44.4 Å². The Bertz CT molecular complexity index is 600. The molecule has 0 saturated carbocycles. The van der Waals surface area contributed by atoms with Gasteiger partial charge in [0.05, 0.1) is 19.1 Å². The van der Waals surface area contributed by atoms with Gasteiger partial charge in [-0.2, -0.15) is 0 Å². The van der Waals surface area contributed by atoms with Gasteiger partial charge >= 0.3 is 0 Å². The van der Waals surface area contributed by atoms with Crippen molar-refractivity contribution in [2.75, 3.05) is 33.4 Å². The van der Waals surface area contributed by atoms with Crippen LogP contribution in [0.15, 0.2) is 24.3 Å². The van der Waals surface area contributed by atoms with Crippen molar-refractivity contribution in [2.24, 2.45) is 5.92 Å². The van der Waals surface area contributed by atoms with E-state index in [-0.39, 0.29) is 12.0 Å². The van der Waals surface area contributed by atoms with Gasteiger partial charge in [0.2, 0.25) is 5.91 Å². The molecule has 3 aliphatic heterocycles. The first kappa shape index (κ1) is 15.9. The van der Waals surface area contributed by atoms with Crippen LogP contribution in [0.1, 0.15) is 24.8 Å². The standard InChI is InChI=1S/C19H26N2O3/c1-23-17-7-3-2-6-14(17)12-21-13-15(18-16(21)8-11-24-18)19(22)20-9-4-5-10-20/h2-3,6-7,15-16,18H,4-5,8-13H2,1H3/t15-,16+,18+/m0/s1. The lowest BCUT2D eigenvalue weighted by Gasteiger charge is -2.23. The summed E-state index contributed by atoms with van der Waals surface area (Å²) in [4.78, 5) is 17.4. The summed E-state index contributed by atoms with van der Waals surface area (Å²) >= 11 is 0. The van der Waals surface area contributed by atoms with Gasteiger partial charge in [-0.1, -0.05) is 18.2 Å². The maximum atomic E-state index is 12.9. The van der Waals surface area contributed by atoms with Gasteiger partial charge in [-0.15, -0.1) is 0 Å². The molecular weight excluding hydrogens is 304 g/mol. The van der Waals surface area contributed by atoms with Gasteiger partial charge in [-0.3, -0.25) is 9.69 Å². The van der Waals surface area contributed by atoms with E-state index in [4.69, 9.17) is 9.47 Å². The molecule has 5 nitrogen and oxygen atoms in total. The number of amides is 1. The number of hydrogen-bond donors (Lipinski definition) is 0. The van der Waals surface area contributed by atoms with Gasteiger partial charge in [-0.25, -0.2) is 0 Å². The zero-order chi connectivity index (χ0) is 16.5. The van der Waals surface area contributed by atoms with Gasteiger partial charge in [0.25, 0.3) is 0 Å². The third kappa shape index (κ3) is 2.80. The van der Waals surface area contributed by atoms with E-state index in [0.717, 1.165) is 57.8 Å². The molecule has 5 heteroatoms. The Balaban J connectivity index is 1.51. The molecule has 1 aromatic rings. The molecule has 0 spiro atoms. The van der Waals surface area contributed by atoms with E-state index in [0.29, 0.717) is 11.9 Å². The molecule has 0 aromatic heterocycles. The van der Waals surface area contributed by atoms with Crippen LogP contribution < -0.4 is 4.74 Å². The van der Waals surface area contributed by atoms with Crippen LogP contribution in [0.5, 0.6) is 5.75 Å². The van der Waals surface area contributed by atoms with Crippen molar-refractivity contribution in [1.82, 2.24) is 9.80 Å². The van der Waals surface area contributed by atoms with E-state index in [1.807, 2.05) is 23.1 Å². The SMILES string of the molecule is COc1ccccc1CN1C[C@H](C(=O)N2CCCC2)[C@H]2OCC[C@H]21. The first-order chi connectivity index (χ1) is 11.8. The minimum atomic E-state index is -0.00897. The number of para-hydroxylation sites is 1. The summed E-state index contributed by atoms with van der Waals surface area (Å²) in [6.07, 6.45) is 3.35. The van der Waals surface area contributed by atoms with Gasteiger partial charge < -0.3 is 14.4 Å². The summed E-state index contributed by atoms with van der Waals surface area (Å²) in [6, 6.07) is 8.50. The van der Waals surface area contributed by atoms with Crippen LogP contribution in [0.25, 0.3) is 0 Å². The van der Waals surface area contributed by atoms with Crippen molar-refractivity contribution in [3.05, 3.63) is 29.8 Å². The predicted octanol–water partition coefficient (Wildman–Crippen LogP) is 1.91. The van der Waals surface area contributed by atoms with Crippen molar-refractivity contribution in [3.63, 3.8) is 0 Å². The zero-order valence-electron chi connectivity index (χ0n) is 14.3. The Morgan fingerprint density at radius 1 is 1.29 bits per heavy atom. The molecule has 0 unspecified atom stereocenters. The fourth-order valence-corrected chi connectivity index (χ4v) is 4.49. The van der Waals surface area contributed by atoms with E-state index >= 15 is 0 Å². The van der Waals surface area contributed by atoms with Crippen molar-refractivity contribution < 1.29 is 14.3 Å². The topological polar surface area (TPSA) is 42.0 Å². The Hall–Kier alpha value is -1.59. The normalized spacial score (nSPS) is 29.9. The minimum Gasteiger partial charge on any atom is -0.496 e. The minimum absolute atomic E-state index is 0.00897. The van der Waals surface area contributed by atoms with Crippen LogP contribution >= 0.6 is 0 Å². The monoisotopic (exact) mass is 330 g/mol. The fraction of sp³-hybridized carbons (Fsp3) is 0.632. The summed E-state index contributed by atoms with van der Waals surface area (Å²) in [5.74, 6) is 1.21. The van der Waals surface area contributed by atoms with E-state index in [2.05, 4.69) is 11.0 Å². The highest BCUT2D eigenvalue weighted by Crippen LogP contribution is 2.36. The van der Waals surface area contributed by atoms with E-state index in [9.17, 15) is 4.79 Å². The molecule has 0 aliphatic carbocycles. The first-order valence-electron chi connectivity index (χ1n) is 9.04. The second-order valence-electron chi connectivity index (χ2n) is 7.07. The van der Waals surface area contributed by atoms with Crippen molar-refractivity contribution in [1.29, 1.82) is 0 Å². The number of carbonyl (C=O) groups is 1. The maximum absolute atomic E-state index is 12.9. The van der Waals surface area contributed by atoms with Gasteiger partial charge in [0.15, 0.2) is 0 Å². The summed E-state index contributed by atoms with van der Waals surface area (Å²) in [7, 11) is 1.71. The van der Waals surface area contributed by atoms with Crippen molar-refractivity contribution in [3.8, 4) is 5.75 Å². The molecule has 3 fully saturated rings. The highest BCUT2D eigenvalue weighted by atomic mass is 16.5.